The van der Waals surface area contributed by atoms with Crippen LogP contribution < -0.4 is 10.6 Å². The van der Waals surface area contributed by atoms with Crippen LogP contribution in [0.15, 0.2) is 66.4 Å². The maximum atomic E-state index is 12.2. The Hall–Kier alpha value is -3.59. The molecule has 0 unspecified atom stereocenters. The molecule has 0 aliphatic carbocycles. The number of rotatable bonds is 6. The Morgan fingerprint density at radius 1 is 1.12 bits per heavy atom. The first-order chi connectivity index (χ1) is 12.1. The van der Waals surface area contributed by atoms with E-state index < -0.39 is 5.97 Å². The lowest BCUT2D eigenvalue weighted by Gasteiger charge is -2.08. The average molecular weight is 335 g/mol. The van der Waals surface area contributed by atoms with E-state index in [2.05, 4.69) is 10.6 Å². The Balaban J connectivity index is 2.07. The van der Waals surface area contributed by atoms with Gasteiger partial charge in [0, 0.05) is 23.1 Å². The topological polar surface area (TPSA) is 91.2 Å². The molecule has 0 heterocycles. The van der Waals surface area contributed by atoms with Crippen LogP contribution in [0.25, 0.3) is 0 Å². The minimum Gasteiger partial charge on any atom is -0.462 e. The highest BCUT2D eigenvalue weighted by atomic mass is 16.5. The first-order valence-corrected chi connectivity index (χ1v) is 7.64. The monoisotopic (exact) mass is 335 g/mol. The van der Waals surface area contributed by atoms with Crippen LogP contribution in [0.4, 0.5) is 11.4 Å². The summed E-state index contributed by atoms with van der Waals surface area (Å²) in [6.07, 6.45) is 1.27. The summed E-state index contributed by atoms with van der Waals surface area (Å²) in [5.41, 5.74) is 1.61. The van der Waals surface area contributed by atoms with Crippen molar-refractivity contribution in [3.8, 4) is 6.07 Å². The number of nitriles is 1. The van der Waals surface area contributed by atoms with Crippen molar-refractivity contribution >= 4 is 23.3 Å². The Morgan fingerprint density at radius 2 is 1.84 bits per heavy atom. The van der Waals surface area contributed by atoms with E-state index >= 15 is 0 Å². The molecule has 1 amide bonds. The molecule has 0 aromatic heterocycles. The number of esters is 1. The first kappa shape index (κ1) is 17.8. The molecule has 2 aromatic carbocycles. The van der Waals surface area contributed by atoms with Gasteiger partial charge in [-0.05, 0) is 37.3 Å². The predicted molar refractivity (Wildman–Crippen MR) is 94.8 cm³/mol. The van der Waals surface area contributed by atoms with Crippen LogP contribution in [0, 0.1) is 11.3 Å². The van der Waals surface area contributed by atoms with E-state index in [1.165, 1.54) is 6.20 Å². The van der Waals surface area contributed by atoms with Crippen LogP contribution >= 0.6 is 0 Å². The van der Waals surface area contributed by atoms with E-state index in [1.54, 1.807) is 61.5 Å². The fourth-order valence-corrected chi connectivity index (χ4v) is 1.98. The zero-order valence-corrected chi connectivity index (χ0v) is 13.7. The van der Waals surface area contributed by atoms with Crippen molar-refractivity contribution in [3.05, 3.63) is 71.9 Å². The third kappa shape index (κ3) is 5.22. The highest BCUT2D eigenvalue weighted by Gasteiger charge is 2.09. The largest absolute Gasteiger partial charge is 0.462 e. The number of benzene rings is 2. The molecule has 2 rings (SSSR count). The van der Waals surface area contributed by atoms with Gasteiger partial charge in [-0.1, -0.05) is 24.3 Å². The number of carbonyl (C=O) groups excluding carboxylic acids is 2. The van der Waals surface area contributed by atoms with Gasteiger partial charge in [0.1, 0.15) is 6.07 Å². The molecule has 0 saturated carbocycles. The smallest absolute Gasteiger partial charge is 0.350 e. The predicted octanol–water partition coefficient (Wildman–Crippen LogP) is 3.32. The molecule has 0 aliphatic rings. The van der Waals surface area contributed by atoms with Crippen molar-refractivity contribution in [2.75, 3.05) is 17.2 Å². The minimum atomic E-state index is -0.689. The highest BCUT2D eigenvalue weighted by molar-refractivity contribution is 6.04. The summed E-state index contributed by atoms with van der Waals surface area (Å²) in [4.78, 5) is 23.7. The van der Waals surface area contributed by atoms with Gasteiger partial charge in [-0.25, -0.2) is 4.79 Å². The first-order valence-electron chi connectivity index (χ1n) is 7.64. The maximum absolute atomic E-state index is 12.2. The van der Waals surface area contributed by atoms with Crippen molar-refractivity contribution in [2.45, 2.75) is 6.92 Å². The third-order valence-corrected chi connectivity index (χ3v) is 3.16. The average Bonchev–Trinajstić information content (AvgIpc) is 2.63. The van der Waals surface area contributed by atoms with Crippen LogP contribution in [0.1, 0.15) is 17.3 Å². The lowest BCUT2D eigenvalue weighted by molar-refractivity contribution is -0.138. The molecule has 0 bridgehead atoms. The molecule has 0 radical (unpaired) electrons. The normalized spacial score (nSPS) is 10.5. The number of anilines is 2. The number of ether oxygens (including phenoxy) is 1. The molecule has 0 saturated heterocycles. The Bertz CT molecular complexity index is 823. The Kier molecular flexibility index (Phi) is 6.32. The number of carbonyl (C=O) groups is 2. The molecule has 126 valence electrons. The van der Waals surface area contributed by atoms with Crippen LogP contribution in [-0.2, 0) is 9.53 Å². The van der Waals surface area contributed by atoms with Crippen LogP contribution in [0.3, 0.4) is 0 Å². The molecule has 2 N–H and O–H groups in total. The molecule has 0 fully saturated rings. The second-order valence-corrected chi connectivity index (χ2v) is 4.94. The quantitative estimate of drug-likeness (QED) is 0.480. The summed E-state index contributed by atoms with van der Waals surface area (Å²) in [7, 11) is 0. The fourth-order valence-electron chi connectivity index (χ4n) is 1.98. The van der Waals surface area contributed by atoms with Crippen LogP contribution in [-0.4, -0.2) is 18.5 Å². The van der Waals surface area contributed by atoms with E-state index in [-0.39, 0.29) is 18.1 Å². The number of hydrogen-bond acceptors (Lipinski definition) is 5. The Morgan fingerprint density at radius 3 is 2.52 bits per heavy atom. The lowest BCUT2D eigenvalue weighted by Crippen LogP contribution is -2.11. The molecule has 6 heteroatoms. The van der Waals surface area contributed by atoms with Gasteiger partial charge in [0.15, 0.2) is 5.57 Å². The standard InChI is InChI=1S/C19H17N3O3/c1-2-25-19(24)15(12-20)13-21-16-9-6-10-17(11-16)22-18(23)14-7-4-3-5-8-14/h3-11,13,21H,2H2,1H3,(H,22,23)/b15-13-. The second kappa shape index (κ2) is 8.89. The number of nitrogens with zero attached hydrogens (tertiary/aromatic N) is 1. The summed E-state index contributed by atoms with van der Waals surface area (Å²) >= 11 is 0. The summed E-state index contributed by atoms with van der Waals surface area (Å²) in [6, 6.07) is 17.6. The SMILES string of the molecule is CCOC(=O)/C(C#N)=C\Nc1cccc(NC(=O)c2ccccc2)c1. The third-order valence-electron chi connectivity index (χ3n) is 3.16. The van der Waals surface area contributed by atoms with Crippen LogP contribution in [0.5, 0.6) is 0 Å². The molecular weight excluding hydrogens is 318 g/mol. The second-order valence-electron chi connectivity index (χ2n) is 4.94. The van der Waals surface area contributed by atoms with E-state index in [1.807, 2.05) is 6.07 Å². The molecule has 0 spiro atoms. The van der Waals surface area contributed by atoms with Gasteiger partial charge < -0.3 is 15.4 Å². The van der Waals surface area contributed by atoms with Crippen molar-refractivity contribution in [2.24, 2.45) is 0 Å². The molecule has 25 heavy (non-hydrogen) atoms. The number of amides is 1. The molecule has 2 aromatic rings. The molecule has 6 nitrogen and oxygen atoms in total. The van der Waals surface area contributed by atoms with Gasteiger partial charge in [-0.3, -0.25) is 4.79 Å². The van der Waals surface area contributed by atoms with Crippen molar-refractivity contribution in [3.63, 3.8) is 0 Å². The molecular formula is C19H17N3O3. The van der Waals surface area contributed by atoms with Crippen molar-refractivity contribution < 1.29 is 14.3 Å². The van der Waals surface area contributed by atoms with E-state index in [0.717, 1.165) is 0 Å². The van der Waals surface area contributed by atoms with E-state index in [4.69, 9.17) is 10.00 Å². The van der Waals surface area contributed by atoms with Gasteiger partial charge in [0.05, 0.1) is 6.61 Å². The minimum absolute atomic E-state index is 0.138. The van der Waals surface area contributed by atoms with Gasteiger partial charge in [0.2, 0.25) is 0 Å². The lowest BCUT2D eigenvalue weighted by atomic mass is 10.2. The Labute approximate surface area is 145 Å². The van der Waals surface area contributed by atoms with Crippen molar-refractivity contribution in [1.29, 1.82) is 5.26 Å². The van der Waals surface area contributed by atoms with Gasteiger partial charge in [-0.2, -0.15) is 5.26 Å². The summed E-state index contributed by atoms with van der Waals surface area (Å²) in [5, 5.41) is 14.6. The zero-order valence-electron chi connectivity index (χ0n) is 13.7. The summed E-state index contributed by atoms with van der Waals surface area (Å²) in [6.45, 7) is 1.86. The van der Waals surface area contributed by atoms with Crippen LogP contribution in [0.2, 0.25) is 0 Å². The number of nitrogens with one attached hydrogen (secondary N) is 2. The summed E-state index contributed by atoms with van der Waals surface area (Å²) < 4.78 is 4.78. The number of hydrogen-bond donors (Lipinski definition) is 2. The summed E-state index contributed by atoms with van der Waals surface area (Å²) in [5.74, 6) is -0.913. The fraction of sp³-hybridized carbons (Fsp3) is 0.105. The van der Waals surface area contributed by atoms with Gasteiger partial charge in [-0.15, -0.1) is 0 Å². The molecule has 0 atom stereocenters. The van der Waals surface area contributed by atoms with E-state index in [0.29, 0.717) is 16.9 Å². The van der Waals surface area contributed by atoms with E-state index in [9.17, 15) is 9.59 Å². The highest BCUT2D eigenvalue weighted by Crippen LogP contribution is 2.16. The molecule has 0 aliphatic heterocycles. The van der Waals surface area contributed by atoms with Gasteiger partial charge in [0.25, 0.3) is 5.91 Å². The zero-order chi connectivity index (χ0) is 18.1. The van der Waals surface area contributed by atoms with Crippen molar-refractivity contribution in [1.82, 2.24) is 0 Å². The van der Waals surface area contributed by atoms with Gasteiger partial charge >= 0.3 is 5.97 Å². The maximum Gasteiger partial charge on any atom is 0.350 e.